The molecule has 3 heteroatoms. The third-order valence-corrected chi connectivity index (χ3v) is 5.13. The van der Waals surface area contributed by atoms with E-state index in [-0.39, 0.29) is 5.82 Å². The highest BCUT2D eigenvalue weighted by molar-refractivity contribution is 5.16. The molecule has 2 nitrogen and oxygen atoms in total. The Kier molecular flexibility index (Phi) is 4.91. The summed E-state index contributed by atoms with van der Waals surface area (Å²) in [4.78, 5) is 5.15. The van der Waals surface area contributed by atoms with Gasteiger partial charge in [0.05, 0.1) is 0 Å². The van der Waals surface area contributed by atoms with Crippen LogP contribution in [0, 0.1) is 11.7 Å². The smallest absolute Gasteiger partial charge is 0.123 e. The minimum atomic E-state index is -0.123. The van der Waals surface area contributed by atoms with Crippen molar-refractivity contribution in [2.75, 3.05) is 26.2 Å². The Morgan fingerprint density at radius 1 is 1.14 bits per heavy atom. The lowest BCUT2D eigenvalue weighted by atomic mass is 9.86. The van der Waals surface area contributed by atoms with E-state index in [4.69, 9.17) is 0 Å². The highest BCUT2D eigenvalue weighted by Crippen LogP contribution is 2.28. The molecule has 21 heavy (non-hydrogen) atoms. The lowest BCUT2D eigenvalue weighted by molar-refractivity contribution is 0.0659. The lowest BCUT2D eigenvalue weighted by Gasteiger charge is -2.42. The summed E-state index contributed by atoms with van der Waals surface area (Å²) in [6.07, 6.45) is 5.57. The zero-order valence-corrected chi connectivity index (χ0v) is 13.1. The fraction of sp³-hybridized carbons (Fsp3) is 0.667. The van der Waals surface area contributed by atoms with Crippen LogP contribution in [-0.4, -0.2) is 42.0 Å². The van der Waals surface area contributed by atoms with Gasteiger partial charge in [-0.25, -0.2) is 4.39 Å². The lowest BCUT2D eigenvalue weighted by Crippen LogP contribution is -2.50. The molecular formula is C18H27FN2. The van der Waals surface area contributed by atoms with Gasteiger partial charge in [-0.05, 0) is 36.5 Å². The summed E-state index contributed by atoms with van der Waals surface area (Å²) in [5, 5.41) is 0. The molecule has 2 aliphatic rings. The van der Waals surface area contributed by atoms with Crippen LogP contribution >= 0.6 is 0 Å². The van der Waals surface area contributed by atoms with Crippen molar-refractivity contribution >= 4 is 0 Å². The quantitative estimate of drug-likeness (QED) is 0.840. The summed E-state index contributed by atoms with van der Waals surface area (Å²) in [6.45, 7) is 7.85. The van der Waals surface area contributed by atoms with Crippen molar-refractivity contribution in [3.05, 3.63) is 35.6 Å². The molecule has 0 bridgehead atoms. The Morgan fingerprint density at radius 2 is 1.95 bits per heavy atom. The molecule has 1 aromatic carbocycles. The molecule has 0 aromatic heterocycles. The van der Waals surface area contributed by atoms with Crippen LogP contribution in [-0.2, 0) is 6.54 Å². The molecule has 1 aliphatic heterocycles. The standard InChI is InChI=1S/C18H27FN2/c1-15-4-2-7-18(12-15)21-10-8-20(9-11-21)14-16-5-3-6-17(19)13-16/h3,5-6,13,15,18H,2,4,7-12,14H2,1H3/t15-,18-/m1/s1. The van der Waals surface area contributed by atoms with Gasteiger partial charge in [-0.15, -0.1) is 0 Å². The number of hydrogen-bond donors (Lipinski definition) is 0. The van der Waals surface area contributed by atoms with Crippen molar-refractivity contribution < 1.29 is 4.39 Å². The van der Waals surface area contributed by atoms with Gasteiger partial charge < -0.3 is 0 Å². The van der Waals surface area contributed by atoms with Gasteiger partial charge in [-0.3, -0.25) is 9.80 Å². The molecule has 1 aliphatic carbocycles. The van der Waals surface area contributed by atoms with Crippen LogP contribution in [0.2, 0.25) is 0 Å². The van der Waals surface area contributed by atoms with Crippen LogP contribution < -0.4 is 0 Å². The summed E-state index contributed by atoms with van der Waals surface area (Å²) in [5.74, 6) is 0.774. The number of hydrogen-bond acceptors (Lipinski definition) is 2. The average Bonchev–Trinajstić information content (AvgIpc) is 2.48. The van der Waals surface area contributed by atoms with Crippen molar-refractivity contribution in [3.63, 3.8) is 0 Å². The first-order valence-corrected chi connectivity index (χ1v) is 8.41. The van der Waals surface area contributed by atoms with Gasteiger partial charge in [0.25, 0.3) is 0 Å². The molecule has 1 saturated carbocycles. The average molecular weight is 290 g/mol. The second-order valence-corrected chi connectivity index (χ2v) is 6.87. The number of benzene rings is 1. The Labute approximate surface area is 127 Å². The van der Waals surface area contributed by atoms with E-state index in [1.807, 2.05) is 12.1 Å². The van der Waals surface area contributed by atoms with Gasteiger partial charge in [-0.1, -0.05) is 31.9 Å². The van der Waals surface area contributed by atoms with E-state index in [9.17, 15) is 4.39 Å². The van der Waals surface area contributed by atoms with Gasteiger partial charge in [0.15, 0.2) is 0 Å². The minimum absolute atomic E-state index is 0.123. The van der Waals surface area contributed by atoms with Gasteiger partial charge in [0, 0.05) is 38.8 Å². The van der Waals surface area contributed by atoms with Gasteiger partial charge in [0.1, 0.15) is 5.82 Å². The van der Waals surface area contributed by atoms with Crippen LogP contribution in [0.4, 0.5) is 4.39 Å². The fourth-order valence-corrected chi connectivity index (χ4v) is 3.91. The number of piperazine rings is 1. The first-order chi connectivity index (χ1) is 10.2. The van der Waals surface area contributed by atoms with Crippen LogP contribution in [0.1, 0.15) is 38.2 Å². The van der Waals surface area contributed by atoms with Crippen molar-refractivity contribution in [1.82, 2.24) is 9.80 Å². The predicted octanol–water partition coefficient (Wildman–Crippen LogP) is 3.52. The summed E-state index contributed by atoms with van der Waals surface area (Å²) in [7, 11) is 0. The molecule has 1 heterocycles. The van der Waals surface area contributed by atoms with Crippen molar-refractivity contribution in [1.29, 1.82) is 0 Å². The summed E-state index contributed by atoms with van der Waals surface area (Å²) < 4.78 is 13.2. The molecule has 116 valence electrons. The Hall–Kier alpha value is -0.930. The Morgan fingerprint density at radius 3 is 2.67 bits per heavy atom. The maximum atomic E-state index is 13.2. The van der Waals surface area contributed by atoms with E-state index in [0.717, 1.165) is 37.2 Å². The second kappa shape index (κ2) is 6.89. The summed E-state index contributed by atoms with van der Waals surface area (Å²) >= 11 is 0. The predicted molar refractivity (Wildman–Crippen MR) is 84.7 cm³/mol. The van der Waals surface area contributed by atoms with Crippen LogP contribution in [0.3, 0.4) is 0 Å². The minimum Gasteiger partial charge on any atom is -0.298 e. The third-order valence-electron chi connectivity index (χ3n) is 5.13. The van der Waals surface area contributed by atoms with Crippen LogP contribution in [0.25, 0.3) is 0 Å². The molecule has 0 spiro atoms. The zero-order chi connectivity index (χ0) is 14.7. The normalized spacial score (nSPS) is 28.7. The molecule has 0 amide bonds. The maximum absolute atomic E-state index is 13.2. The first-order valence-electron chi connectivity index (χ1n) is 8.41. The van der Waals surface area contributed by atoms with E-state index in [1.54, 1.807) is 6.07 Å². The Bertz CT molecular complexity index is 454. The zero-order valence-electron chi connectivity index (χ0n) is 13.1. The largest absolute Gasteiger partial charge is 0.298 e. The molecule has 0 radical (unpaired) electrons. The van der Waals surface area contributed by atoms with Crippen LogP contribution in [0.15, 0.2) is 24.3 Å². The second-order valence-electron chi connectivity index (χ2n) is 6.87. The highest BCUT2D eigenvalue weighted by Gasteiger charge is 2.27. The van der Waals surface area contributed by atoms with E-state index >= 15 is 0 Å². The molecule has 2 atom stereocenters. The maximum Gasteiger partial charge on any atom is 0.123 e. The number of nitrogens with zero attached hydrogens (tertiary/aromatic N) is 2. The SMILES string of the molecule is C[C@@H]1CCC[C@@H](N2CCN(Cc3cccc(F)c3)CC2)C1. The van der Waals surface area contributed by atoms with Gasteiger partial charge in [0.2, 0.25) is 0 Å². The molecular weight excluding hydrogens is 263 g/mol. The van der Waals surface area contributed by atoms with E-state index in [0.29, 0.717) is 0 Å². The van der Waals surface area contributed by atoms with E-state index in [2.05, 4.69) is 16.7 Å². The van der Waals surface area contributed by atoms with Gasteiger partial charge >= 0.3 is 0 Å². The monoisotopic (exact) mass is 290 g/mol. The summed E-state index contributed by atoms with van der Waals surface area (Å²) in [5.41, 5.74) is 1.09. The fourth-order valence-electron chi connectivity index (χ4n) is 3.91. The third kappa shape index (κ3) is 4.04. The molecule has 0 N–H and O–H groups in total. The van der Waals surface area contributed by atoms with Crippen LogP contribution in [0.5, 0.6) is 0 Å². The van der Waals surface area contributed by atoms with Crippen molar-refractivity contribution in [3.8, 4) is 0 Å². The van der Waals surface area contributed by atoms with E-state index < -0.39 is 0 Å². The molecule has 1 saturated heterocycles. The van der Waals surface area contributed by atoms with Crippen molar-refractivity contribution in [2.45, 2.75) is 45.2 Å². The van der Waals surface area contributed by atoms with Crippen molar-refractivity contribution in [2.24, 2.45) is 5.92 Å². The molecule has 3 rings (SSSR count). The number of halogens is 1. The summed E-state index contributed by atoms with van der Waals surface area (Å²) in [6, 6.07) is 7.83. The number of rotatable bonds is 3. The molecule has 0 unspecified atom stereocenters. The van der Waals surface area contributed by atoms with E-state index in [1.165, 1.54) is 44.8 Å². The molecule has 2 fully saturated rings. The molecule has 1 aromatic rings. The first kappa shape index (κ1) is 15.0. The Balaban J connectivity index is 1.48. The van der Waals surface area contributed by atoms with Gasteiger partial charge in [-0.2, -0.15) is 0 Å². The highest BCUT2D eigenvalue weighted by atomic mass is 19.1. The topological polar surface area (TPSA) is 6.48 Å².